The molecule has 0 atom stereocenters. The van der Waals surface area contributed by atoms with Gasteiger partial charge in [-0.2, -0.15) is 0 Å². The molecule has 2 N–H and O–H groups in total. The number of carboxylic acids is 1. The minimum absolute atomic E-state index is 0.136. The van der Waals surface area contributed by atoms with Crippen molar-refractivity contribution < 1.29 is 14.7 Å². The van der Waals surface area contributed by atoms with Crippen molar-refractivity contribution in [3.63, 3.8) is 0 Å². The fourth-order valence-corrected chi connectivity index (χ4v) is 2.03. The van der Waals surface area contributed by atoms with E-state index in [1.54, 1.807) is 12.3 Å². The zero-order valence-electron chi connectivity index (χ0n) is 9.51. The molecule has 0 saturated carbocycles. The molecule has 92 valence electrons. The Morgan fingerprint density at radius 1 is 1.22 bits per heavy atom. The summed E-state index contributed by atoms with van der Waals surface area (Å²) in [5.41, 5.74) is 0.997. The van der Waals surface area contributed by atoms with Crippen molar-refractivity contribution in [3.05, 3.63) is 45.8 Å². The summed E-state index contributed by atoms with van der Waals surface area (Å²) in [6, 6.07) is 6.42. The number of aryl methyl sites for hydroxylation is 1. The maximum absolute atomic E-state index is 11.8. The number of carbonyl (C=O) groups excluding carboxylic acids is 1. The monoisotopic (exact) mass is 262 g/mol. The molecule has 0 saturated heterocycles. The van der Waals surface area contributed by atoms with E-state index in [-0.39, 0.29) is 10.8 Å². The van der Waals surface area contributed by atoms with Crippen LogP contribution in [0.5, 0.6) is 0 Å². The van der Waals surface area contributed by atoms with Crippen LogP contribution in [0, 0.1) is 6.92 Å². The topological polar surface area (TPSA) is 79.3 Å². The van der Waals surface area contributed by atoms with Gasteiger partial charge in [0.1, 0.15) is 10.7 Å². The minimum Gasteiger partial charge on any atom is -0.477 e. The third-order valence-corrected chi connectivity index (χ3v) is 3.27. The first-order chi connectivity index (χ1) is 8.56. The standard InChI is InChI=1S/C12H10N2O3S/c1-7-2-5-10(13-6-7)14-11(15)8-3-4-9(18-8)12(16)17/h2-6H,1H3,(H,16,17)(H,13,14,15). The number of hydrogen-bond acceptors (Lipinski definition) is 4. The number of hydrogen-bond donors (Lipinski definition) is 2. The second kappa shape index (κ2) is 4.97. The lowest BCUT2D eigenvalue weighted by Gasteiger charge is -2.02. The Balaban J connectivity index is 2.11. The number of aromatic carboxylic acids is 1. The normalized spacial score (nSPS) is 10.1. The zero-order valence-corrected chi connectivity index (χ0v) is 10.3. The van der Waals surface area contributed by atoms with E-state index in [0.29, 0.717) is 10.7 Å². The van der Waals surface area contributed by atoms with E-state index in [1.807, 2.05) is 13.0 Å². The smallest absolute Gasteiger partial charge is 0.345 e. The summed E-state index contributed by atoms with van der Waals surface area (Å²) in [6.07, 6.45) is 1.65. The number of aromatic nitrogens is 1. The molecule has 2 heterocycles. The van der Waals surface area contributed by atoms with E-state index < -0.39 is 5.97 Å². The summed E-state index contributed by atoms with van der Waals surface area (Å²) in [6.45, 7) is 1.90. The molecule has 0 fully saturated rings. The molecule has 0 aliphatic rings. The molecule has 0 aliphatic carbocycles. The predicted octanol–water partition coefficient (Wildman–Crippen LogP) is 2.40. The highest BCUT2D eigenvalue weighted by atomic mass is 32.1. The molecule has 5 nitrogen and oxygen atoms in total. The molecular weight excluding hydrogens is 252 g/mol. The van der Waals surface area contributed by atoms with Gasteiger partial charge < -0.3 is 10.4 Å². The molecule has 2 rings (SSSR count). The molecular formula is C12H10N2O3S. The van der Waals surface area contributed by atoms with E-state index in [0.717, 1.165) is 16.9 Å². The lowest BCUT2D eigenvalue weighted by molar-refractivity contribution is 0.0702. The van der Waals surface area contributed by atoms with Gasteiger partial charge in [-0.25, -0.2) is 9.78 Å². The summed E-state index contributed by atoms with van der Waals surface area (Å²) >= 11 is 0.932. The number of pyridine rings is 1. The molecule has 0 aromatic carbocycles. The number of nitrogens with zero attached hydrogens (tertiary/aromatic N) is 1. The number of carbonyl (C=O) groups is 2. The number of anilines is 1. The van der Waals surface area contributed by atoms with Gasteiger partial charge >= 0.3 is 5.97 Å². The van der Waals surface area contributed by atoms with Gasteiger partial charge in [-0.3, -0.25) is 4.79 Å². The van der Waals surface area contributed by atoms with Crippen molar-refractivity contribution in [1.82, 2.24) is 4.98 Å². The SMILES string of the molecule is Cc1ccc(NC(=O)c2ccc(C(=O)O)s2)nc1. The summed E-state index contributed by atoms with van der Waals surface area (Å²) < 4.78 is 0. The lowest BCUT2D eigenvalue weighted by Crippen LogP contribution is -2.11. The van der Waals surface area contributed by atoms with E-state index in [4.69, 9.17) is 5.11 Å². The number of amides is 1. The van der Waals surface area contributed by atoms with Crippen molar-refractivity contribution in [3.8, 4) is 0 Å². The Morgan fingerprint density at radius 2 is 1.94 bits per heavy atom. The van der Waals surface area contributed by atoms with Gasteiger partial charge in [-0.15, -0.1) is 11.3 Å². The molecule has 0 unspecified atom stereocenters. The number of nitrogens with one attached hydrogen (secondary N) is 1. The quantitative estimate of drug-likeness (QED) is 0.890. The Labute approximate surface area is 107 Å². The van der Waals surface area contributed by atoms with Gasteiger partial charge in [0, 0.05) is 6.20 Å². The number of rotatable bonds is 3. The largest absolute Gasteiger partial charge is 0.477 e. The van der Waals surface area contributed by atoms with Crippen molar-refractivity contribution in [2.45, 2.75) is 6.92 Å². The lowest BCUT2D eigenvalue weighted by atomic mass is 10.3. The maximum atomic E-state index is 11.8. The highest BCUT2D eigenvalue weighted by molar-refractivity contribution is 7.15. The Bertz CT molecular complexity index is 590. The second-order valence-electron chi connectivity index (χ2n) is 3.64. The first kappa shape index (κ1) is 12.3. The fourth-order valence-electron chi connectivity index (χ4n) is 1.29. The van der Waals surface area contributed by atoms with Gasteiger partial charge in [0.25, 0.3) is 5.91 Å². The Hall–Kier alpha value is -2.21. The molecule has 1 amide bonds. The van der Waals surface area contributed by atoms with Crippen LogP contribution in [0.4, 0.5) is 5.82 Å². The van der Waals surface area contributed by atoms with Crippen LogP contribution in [-0.2, 0) is 0 Å². The van der Waals surface area contributed by atoms with Crippen LogP contribution in [0.25, 0.3) is 0 Å². The van der Waals surface area contributed by atoms with Crippen LogP contribution in [0.1, 0.15) is 24.9 Å². The molecule has 0 radical (unpaired) electrons. The van der Waals surface area contributed by atoms with E-state index in [9.17, 15) is 9.59 Å². The summed E-state index contributed by atoms with van der Waals surface area (Å²) in [4.78, 5) is 27.0. The van der Waals surface area contributed by atoms with Gasteiger partial charge in [-0.05, 0) is 30.7 Å². The first-order valence-corrected chi connectivity index (χ1v) is 5.95. The van der Waals surface area contributed by atoms with Crippen LogP contribution in [0.2, 0.25) is 0 Å². The number of carboxylic acid groups (broad SMARTS) is 1. The summed E-state index contributed by atoms with van der Waals surface area (Å²) in [5.74, 6) is -0.952. The molecule has 0 aliphatic heterocycles. The summed E-state index contributed by atoms with van der Waals surface area (Å²) in [5, 5.41) is 11.4. The molecule has 0 bridgehead atoms. The average molecular weight is 262 g/mol. The van der Waals surface area contributed by atoms with Crippen LogP contribution >= 0.6 is 11.3 Å². The van der Waals surface area contributed by atoms with E-state index >= 15 is 0 Å². The molecule has 18 heavy (non-hydrogen) atoms. The van der Waals surface area contributed by atoms with E-state index in [1.165, 1.54) is 12.1 Å². The fraction of sp³-hybridized carbons (Fsp3) is 0.0833. The van der Waals surface area contributed by atoms with E-state index in [2.05, 4.69) is 10.3 Å². The van der Waals surface area contributed by atoms with Crippen molar-refractivity contribution >= 4 is 29.0 Å². The van der Waals surface area contributed by atoms with Gasteiger partial charge in [0.2, 0.25) is 0 Å². The van der Waals surface area contributed by atoms with Gasteiger partial charge in [-0.1, -0.05) is 6.07 Å². The number of thiophene rings is 1. The Morgan fingerprint density at radius 3 is 2.50 bits per heavy atom. The highest BCUT2D eigenvalue weighted by Crippen LogP contribution is 2.17. The summed E-state index contributed by atoms with van der Waals surface area (Å²) in [7, 11) is 0. The van der Waals surface area contributed by atoms with Crippen molar-refractivity contribution in [2.24, 2.45) is 0 Å². The Kier molecular flexibility index (Phi) is 3.38. The molecule has 0 spiro atoms. The van der Waals surface area contributed by atoms with Crippen molar-refractivity contribution in [2.75, 3.05) is 5.32 Å². The molecule has 2 aromatic rings. The highest BCUT2D eigenvalue weighted by Gasteiger charge is 2.13. The van der Waals surface area contributed by atoms with Crippen LogP contribution in [-0.4, -0.2) is 22.0 Å². The first-order valence-electron chi connectivity index (χ1n) is 5.13. The predicted molar refractivity (Wildman–Crippen MR) is 68.2 cm³/mol. The minimum atomic E-state index is -1.03. The van der Waals surface area contributed by atoms with Crippen LogP contribution in [0.15, 0.2) is 30.5 Å². The third kappa shape index (κ3) is 2.72. The molecule has 2 aromatic heterocycles. The second-order valence-corrected chi connectivity index (χ2v) is 4.73. The van der Waals surface area contributed by atoms with Crippen LogP contribution in [0.3, 0.4) is 0 Å². The zero-order chi connectivity index (χ0) is 13.1. The average Bonchev–Trinajstić information content (AvgIpc) is 2.81. The van der Waals surface area contributed by atoms with Gasteiger partial charge in [0.15, 0.2) is 0 Å². The van der Waals surface area contributed by atoms with Crippen molar-refractivity contribution in [1.29, 1.82) is 0 Å². The maximum Gasteiger partial charge on any atom is 0.345 e. The van der Waals surface area contributed by atoms with Gasteiger partial charge in [0.05, 0.1) is 4.88 Å². The van der Waals surface area contributed by atoms with Crippen LogP contribution < -0.4 is 5.32 Å². The molecule has 6 heteroatoms. The third-order valence-electron chi connectivity index (χ3n) is 2.19.